The van der Waals surface area contributed by atoms with Crippen LogP contribution in [0.5, 0.6) is 0 Å². The number of β-lactam (4-membered cyclic amide) rings is 1. The first kappa shape index (κ1) is 15.9. The fourth-order valence-electron chi connectivity index (χ4n) is 3.98. The highest BCUT2D eigenvalue weighted by atomic mass is 32.1. The number of hydrogen-bond donors (Lipinski definition) is 0. The zero-order chi connectivity index (χ0) is 15.6. The van der Waals surface area contributed by atoms with Crippen LogP contribution in [0.4, 0.5) is 0 Å². The van der Waals surface area contributed by atoms with Crippen LogP contribution < -0.4 is 0 Å². The summed E-state index contributed by atoms with van der Waals surface area (Å²) in [6, 6.07) is 0. The highest BCUT2D eigenvalue weighted by Gasteiger charge is 2.53. The number of carbonyl (C=O) groups is 1. The van der Waals surface area contributed by atoms with Gasteiger partial charge in [-0.3, -0.25) is 9.78 Å². The summed E-state index contributed by atoms with van der Waals surface area (Å²) < 4.78 is 0. The molecule has 122 valence electrons. The fourth-order valence-corrected chi connectivity index (χ4v) is 4.59. The Morgan fingerprint density at radius 1 is 1.36 bits per heavy atom. The first-order valence-corrected chi connectivity index (χ1v) is 9.44. The van der Waals surface area contributed by atoms with Crippen LogP contribution in [0, 0.1) is 11.3 Å². The zero-order valence-electron chi connectivity index (χ0n) is 13.8. The van der Waals surface area contributed by atoms with Crippen LogP contribution in [0.2, 0.25) is 0 Å². The highest BCUT2D eigenvalue weighted by molar-refractivity contribution is 7.09. The molecule has 5 heteroatoms. The van der Waals surface area contributed by atoms with Gasteiger partial charge in [-0.1, -0.05) is 26.7 Å². The van der Waals surface area contributed by atoms with Crippen molar-refractivity contribution in [1.29, 1.82) is 0 Å². The number of piperidine rings is 1. The predicted octanol–water partition coefficient (Wildman–Crippen LogP) is 3.00. The second kappa shape index (κ2) is 6.67. The minimum Gasteiger partial charge on any atom is -0.336 e. The lowest BCUT2D eigenvalue weighted by molar-refractivity contribution is -0.167. The summed E-state index contributed by atoms with van der Waals surface area (Å²) in [5, 5.41) is 0. The molecule has 3 heterocycles. The lowest BCUT2D eigenvalue weighted by Crippen LogP contribution is -2.66. The summed E-state index contributed by atoms with van der Waals surface area (Å²) in [6.45, 7) is 9.54. The molecule has 2 aliphatic rings. The number of amides is 1. The number of carbonyl (C=O) groups excluding carboxylic acids is 1. The van der Waals surface area contributed by atoms with Gasteiger partial charge < -0.3 is 9.80 Å². The molecule has 1 aromatic rings. The van der Waals surface area contributed by atoms with E-state index < -0.39 is 0 Å². The predicted molar refractivity (Wildman–Crippen MR) is 89.7 cm³/mol. The average Bonchev–Trinajstić information content (AvgIpc) is 3.05. The molecule has 1 spiro atoms. The van der Waals surface area contributed by atoms with E-state index in [1.54, 1.807) is 11.3 Å². The van der Waals surface area contributed by atoms with Gasteiger partial charge in [0.05, 0.1) is 17.5 Å². The van der Waals surface area contributed by atoms with Crippen molar-refractivity contribution in [2.45, 2.75) is 46.1 Å². The molecule has 2 fully saturated rings. The molecule has 0 bridgehead atoms. The third-order valence-electron chi connectivity index (χ3n) is 5.39. The number of aromatic nitrogens is 1. The average molecular weight is 321 g/mol. The van der Waals surface area contributed by atoms with Gasteiger partial charge in [0.1, 0.15) is 0 Å². The first-order valence-electron chi connectivity index (χ1n) is 8.56. The lowest BCUT2D eigenvalue weighted by atomic mass is 9.72. The van der Waals surface area contributed by atoms with E-state index in [0.29, 0.717) is 5.91 Å². The van der Waals surface area contributed by atoms with Crippen LogP contribution in [-0.2, 0) is 11.3 Å². The van der Waals surface area contributed by atoms with Gasteiger partial charge in [0.2, 0.25) is 5.91 Å². The maximum atomic E-state index is 12.7. The molecule has 0 aliphatic carbocycles. The monoisotopic (exact) mass is 321 g/mol. The van der Waals surface area contributed by atoms with E-state index in [2.05, 4.69) is 23.7 Å². The van der Waals surface area contributed by atoms with E-state index in [1.807, 2.05) is 16.6 Å². The molecule has 0 N–H and O–H groups in total. The Kier molecular flexibility index (Phi) is 4.83. The maximum absolute atomic E-state index is 12.7. The van der Waals surface area contributed by atoms with Gasteiger partial charge in [-0.2, -0.15) is 0 Å². The van der Waals surface area contributed by atoms with Gasteiger partial charge >= 0.3 is 0 Å². The van der Waals surface area contributed by atoms with Gasteiger partial charge in [0.25, 0.3) is 0 Å². The molecule has 3 rings (SSSR count). The van der Waals surface area contributed by atoms with Crippen LogP contribution in [0.3, 0.4) is 0 Å². The van der Waals surface area contributed by atoms with Crippen LogP contribution in [0.1, 0.15) is 44.4 Å². The van der Waals surface area contributed by atoms with Crippen molar-refractivity contribution in [3.63, 3.8) is 0 Å². The topological polar surface area (TPSA) is 36.4 Å². The SMILES string of the molecule is CCC(CC)CN1CCC[C@]2(C1)CN(Cc1cncs1)C2=O. The summed E-state index contributed by atoms with van der Waals surface area (Å²) in [4.78, 5) is 22.6. The van der Waals surface area contributed by atoms with Gasteiger partial charge in [-0.25, -0.2) is 0 Å². The fraction of sp³-hybridized carbons (Fsp3) is 0.765. The Balaban J connectivity index is 1.57. The van der Waals surface area contributed by atoms with Crippen molar-refractivity contribution >= 4 is 17.2 Å². The second-order valence-corrected chi connectivity index (χ2v) is 7.90. The molecule has 0 unspecified atom stereocenters. The molecule has 4 nitrogen and oxygen atoms in total. The summed E-state index contributed by atoms with van der Waals surface area (Å²) >= 11 is 1.64. The van der Waals surface area contributed by atoms with Gasteiger partial charge in [-0.05, 0) is 25.3 Å². The minimum absolute atomic E-state index is 0.0744. The summed E-state index contributed by atoms with van der Waals surface area (Å²) in [5.74, 6) is 1.15. The number of likely N-dealkylation sites (tertiary alicyclic amines) is 2. The van der Waals surface area contributed by atoms with Crippen molar-refractivity contribution in [2.75, 3.05) is 26.2 Å². The van der Waals surface area contributed by atoms with Crippen molar-refractivity contribution in [3.8, 4) is 0 Å². The number of thiazole rings is 1. The molecule has 2 aliphatic heterocycles. The molecular weight excluding hydrogens is 294 g/mol. The Hall–Kier alpha value is -0.940. The number of hydrogen-bond acceptors (Lipinski definition) is 4. The Bertz CT molecular complexity index is 500. The van der Waals surface area contributed by atoms with E-state index in [4.69, 9.17) is 0 Å². The lowest BCUT2D eigenvalue weighted by Gasteiger charge is -2.53. The number of rotatable bonds is 6. The van der Waals surface area contributed by atoms with Gasteiger partial charge in [-0.15, -0.1) is 11.3 Å². The molecule has 0 aromatic carbocycles. The van der Waals surface area contributed by atoms with Gasteiger partial charge in [0, 0.05) is 30.7 Å². The molecule has 0 radical (unpaired) electrons. The van der Waals surface area contributed by atoms with E-state index >= 15 is 0 Å². The normalized spacial score (nSPS) is 26.0. The molecule has 22 heavy (non-hydrogen) atoms. The summed E-state index contributed by atoms with van der Waals surface area (Å²) in [6.07, 6.45) is 6.60. The molecule has 1 aromatic heterocycles. The first-order chi connectivity index (χ1) is 10.7. The quantitative estimate of drug-likeness (QED) is 0.756. The van der Waals surface area contributed by atoms with E-state index in [1.165, 1.54) is 30.7 Å². The molecule has 1 amide bonds. The second-order valence-electron chi connectivity index (χ2n) is 6.93. The molecule has 2 saturated heterocycles. The third-order valence-corrected chi connectivity index (χ3v) is 6.16. The standard InChI is InChI=1S/C17H27N3OS/c1-3-14(4-2)9-19-7-5-6-17(11-19)12-20(16(17)21)10-15-8-18-13-22-15/h8,13-14H,3-7,9-12H2,1-2H3/t17-/m0/s1. The minimum atomic E-state index is -0.0744. The smallest absolute Gasteiger partial charge is 0.232 e. The van der Waals surface area contributed by atoms with E-state index in [9.17, 15) is 4.79 Å². The summed E-state index contributed by atoms with van der Waals surface area (Å²) in [7, 11) is 0. The molecular formula is C17H27N3OS. The van der Waals surface area contributed by atoms with Crippen molar-refractivity contribution < 1.29 is 4.79 Å². The van der Waals surface area contributed by atoms with Crippen LogP contribution in [0.25, 0.3) is 0 Å². The number of nitrogens with zero attached hydrogens (tertiary/aromatic N) is 3. The van der Waals surface area contributed by atoms with Crippen LogP contribution >= 0.6 is 11.3 Å². The highest BCUT2D eigenvalue weighted by Crippen LogP contribution is 2.41. The largest absolute Gasteiger partial charge is 0.336 e. The van der Waals surface area contributed by atoms with Crippen LogP contribution in [-0.4, -0.2) is 46.9 Å². The van der Waals surface area contributed by atoms with Crippen LogP contribution in [0.15, 0.2) is 11.7 Å². The third kappa shape index (κ3) is 3.06. The Morgan fingerprint density at radius 3 is 2.82 bits per heavy atom. The molecule has 1 atom stereocenters. The van der Waals surface area contributed by atoms with Crippen molar-refractivity contribution in [3.05, 3.63) is 16.6 Å². The molecule has 0 saturated carbocycles. The van der Waals surface area contributed by atoms with Gasteiger partial charge in [0.15, 0.2) is 0 Å². The Morgan fingerprint density at radius 2 is 2.18 bits per heavy atom. The van der Waals surface area contributed by atoms with E-state index in [-0.39, 0.29) is 5.41 Å². The summed E-state index contributed by atoms with van der Waals surface area (Å²) in [5.41, 5.74) is 1.77. The van der Waals surface area contributed by atoms with E-state index in [0.717, 1.165) is 38.5 Å². The zero-order valence-corrected chi connectivity index (χ0v) is 14.6. The van der Waals surface area contributed by atoms with Crippen molar-refractivity contribution in [1.82, 2.24) is 14.8 Å². The Labute approximate surface area is 137 Å². The maximum Gasteiger partial charge on any atom is 0.232 e. The van der Waals surface area contributed by atoms with Crippen molar-refractivity contribution in [2.24, 2.45) is 11.3 Å².